The van der Waals surface area contributed by atoms with Crippen molar-refractivity contribution in [3.8, 4) is 0 Å². The number of aliphatic hydroxyl groups excluding tert-OH is 1. The Morgan fingerprint density at radius 3 is 2.58 bits per heavy atom. The van der Waals surface area contributed by atoms with Crippen LogP contribution in [-0.4, -0.2) is 41.3 Å². The second-order valence-corrected chi connectivity index (χ2v) is 8.75. The third kappa shape index (κ3) is 4.13. The van der Waals surface area contributed by atoms with Crippen LogP contribution in [0.5, 0.6) is 0 Å². The first-order valence-corrected chi connectivity index (χ1v) is 11.3. The number of unbranched alkanes of at least 4 members (excludes halogenated alkanes) is 1. The summed E-state index contributed by atoms with van der Waals surface area (Å²) in [5.41, 5.74) is 0.578. The molecule has 2 aromatic rings. The molecular weight excluding hydrogens is 422 g/mol. The van der Waals surface area contributed by atoms with Gasteiger partial charge in [0.25, 0.3) is 5.95 Å². The molecule has 0 saturated heterocycles. The van der Waals surface area contributed by atoms with E-state index >= 15 is 0 Å². The lowest BCUT2D eigenvalue weighted by Crippen LogP contribution is -2.32. The lowest BCUT2D eigenvalue weighted by Gasteiger charge is -2.30. The number of ketones is 1. The van der Waals surface area contributed by atoms with Crippen LogP contribution in [0.3, 0.4) is 0 Å². The summed E-state index contributed by atoms with van der Waals surface area (Å²) in [7, 11) is -4.23. The quantitative estimate of drug-likeness (QED) is 0.503. The first-order chi connectivity index (χ1) is 14.7. The summed E-state index contributed by atoms with van der Waals surface area (Å²) >= 11 is 0. The number of benzene rings is 1. The number of azo groups is 1. The minimum atomic E-state index is -4.23. The van der Waals surface area contributed by atoms with E-state index in [1.165, 1.54) is 42.4 Å². The zero-order chi connectivity index (χ0) is 22.8. The second-order valence-electron chi connectivity index (χ2n) is 6.91. The fourth-order valence-electron chi connectivity index (χ4n) is 3.13. The van der Waals surface area contributed by atoms with Crippen LogP contribution in [0.2, 0.25) is 0 Å². The van der Waals surface area contributed by atoms with Crippen LogP contribution in [0.25, 0.3) is 0 Å². The number of aromatic nitrogens is 2. The van der Waals surface area contributed by atoms with Crippen molar-refractivity contribution >= 4 is 33.2 Å². The summed E-state index contributed by atoms with van der Waals surface area (Å²) in [4.78, 5) is 29.0. The van der Waals surface area contributed by atoms with E-state index in [4.69, 9.17) is 0 Å². The van der Waals surface area contributed by atoms with E-state index in [9.17, 15) is 23.1 Å². The second kappa shape index (κ2) is 8.80. The average Bonchev–Trinajstić information content (AvgIpc) is 3.21. The largest absolute Gasteiger partial charge is 0.492 e. The van der Waals surface area contributed by atoms with E-state index in [1.54, 1.807) is 6.92 Å². The molecule has 0 radical (unpaired) electrons. The summed E-state index contributed by atoms with van der Waals surface area (Å²) in [5, 5.41) is 17.7. The van der Waals surface area contributed by atoms with E-state index in [0.29, 0.717) is 18.5 Å². The third-order valence-corrected chi connectivity index (χ3v) is 6.51. The van der Waals surface area contributed by atoms with Crippen LogP contribution in [-0.2, 0) is 9.84 Å². The monoisotopic (exact) mass is 445 g/mol. The van der Waals surface area contributed by atoms with E-state index in [2.05, 4.69) is 15.2 Å². The molecular formula is C20H23N5O5S. The van der Waals surface area contributed by atoms with Gasteiger partial charge >= 0.3 is 0 Å². The topological polar surface area (TPSA) is 134 Å². The van der Waals surface area contributed by atoms with Crippen LogP contribution in [0.15, 0.2) is 56.6 Å². The van der Waals surface area contributed by atoms with Crippen molar-refractivity contribution in [3.05, 3.63) is 47.1 Å². The smallest absolute Gasteiger partial charge is 0.256 e. The average molecular weight is 446 g/mol. The van der Waals surface area contributed by atoms with Gasteiger partial charge in [0.2, 0.25) is 26.7 Å². The number of hydrogen-bond acceptors (Lipinski definition) is 9. The predicted octanol–water partition coefficient (Wildman–Crippen LogP) is 4.00. The maximum atomic E-state index is 13.2. The Morgan fingerprint density at radius 1 is 1.19 bits per heavy atom. The number of imidazole rings is 1. The molecule has 164 valence electrons. The highest BCUT2D eigenvalue weighted by atomic mass is 32.2. The lowest BCUT2D eigenvalue weighted by atomic mass is 10.1. The molecule has 31 heavy (non-hydrogen) atoms. The van der Waals surface area contributed by atoms with Gasteiger partial charge in [-0.15, -0.1) is 10.2 Å². The highest BCUT2D eigenvalue weighted by Gasteiger charge is 2.38. The number of anilines is 1. The molecule has 0 atom stereocenters. The Kier molecular flexibility index (Phi) is 6.34. The molecule has 10 nitrogen and oxygen atoms in total. The zero-order valence-electron chi connectivity index (χ0n) is 17.4. The minimum absolute atomic E-state index is 0.0853. The molecule has 3 rings (SSSR count). The molecule has 1 aromatic heterocycles. The molecule has 0 fully saturated rings. The first kappa shape index (κ1) is 22.3. The molecule has 1 N–H and O–H groups in total. The van der Waals surface area contributed by atoms with Gasteiger partial charge in [-0.25, -0.2) is 13.4 Å². The molecule has 0 aliphatic carbocycles. The van der Waals surface area contributed by atoms with Crippen LogP contribution >= 0.6 is 0 Å². The highest BCUT2D eigenvalue weighted by molar-refractivity contribution is 7.95. The Bertz CT molecular complexity index is 1200. The maximum Gasteiger partial charge on any atom is 0.256 e. The summed E-state index contributed by atoms with van der Waals surface area (Å²) in [6.07, 6.45) is 4.43. The number of fused-ring (bicyclic) bond motifs is 1. The van der Waals surface area contributed by atoms with Gasteiger partial charge in [0.15, 0.2) is 5.78 Å². The fraction of sp³-hybridized carbons (Fsp3) is 0.350. The molecule has 0 spiro atoms. The number of rotatable bonds is 7. The maximum absolute atomic E-state index is 13.2. The van der Waals surface area contributed by atoms with Crippen LogP contribution in [0.1, 0.15) is 55.2 Å². The number of hydrogen-bond donors (Lipinski definition) is 1. The Labute approximate surface area is 179 Å². The minimum Gasteiger partial charge on any atom is -0.492 e. The van der Waals surface area contributed by atoms with Crippen molar-refractivity contribution in [2.75, 3.05) is 11.4 Å². The number of carbonyl (C=O) groups is 2. The molecule has 1 aromatic carbocycles. The molecule has 0 bridgehead atoms. The van der Waals surface area contributed by atoms with Crippen LogP contribution in [0.4, 0.5) is 11.6 Å². The Morgan fingerprint density at radius 2 is 1.94 bits per heavy atom. The zero-order valence-corrected chi connectivity index (χ0v) is 18.3. The van der Waals surface area contributed by atoms with Crippen molar-refractivity contribution in [1.82, 2.24) is 9.55 Å². The molecule has 11 heteroatoms. The van der Waals surface area contributed by atoms with Crippen LogP contribution < -0.4 is 4.90 Å². The van der Waals surface area contributed by atoms with Crippen LogP contribution in [0, 0.1) is 0 Å². The summed E-state index contributed by atoms with van der Waals surface area (Å²) in [6.45, 7) is 5.29. The molecule has 1 aliphatic rings. The van der Waals surface area contributed by atoms with Gasteiger partial charge in [0, 0.05) is 37.8 Å². The summed E-state index contributed by atoms with van der Waals surface area (Å²) in [5.74, 6) is -1.22. The molecule has 1 aliphatic heterocycles. The van der Waals surface area contributed by atoms with Gasteiger partial charge in [0.05, 0.1) is 10.6 Å². The number of aliphatic hydroxyl groups is 1. The van der Waals surface area contributed by atoms with Gasteiger partial charge in [-0.05, 0) is 24.6 Å². The lowest BCUT2D eigenvalue weighted by molar-refractivity contribution is 0.0937. The number of carbonyl (C=O) groups excluding carboxylic acids is 2. The normalized spacial score (nSPS) is 15.4. The van der Waals surface area contributed by atoms with Crippen molar-refractivity contribution < 1.29 is 23.1 Å². The van der Waals surface area contributed by atoms with Crippen molar-refractivity contribution in [2.24, 2.45) is 10.2 Å². The molecule has 0 unspecified atom stereocenters. The van der Waals surface area contributed by atoms with Gasteiger partial charge < -0.3 is 10.0 Å². The highest BCUT2D eigenvalue weighted by Crippen LogP contribution is 2.40. The molecule has 0 saturated carbocycles. The van der Waals surface area contributed by atoms with Crippen molar-refractivity contribution in [2.45, 2.75) is 44.9 Å². The van der Waals surface area contributed by atoms with Gasteiger partial charge in [-0.1, -0.05) is 20.3 Å². The van der Waals surface area contributed by atoms with Crippen molar-refractivity contribution in [3.63, 3.8) is 0 Å². The number of sulfone groups is 1. The Balaban J connectivity index is 2.15. The fourth-order valence-corrected chi connectivity index (χ4v) is 4.53. The standard InChI is InChI=1S/C20H23N5O5S/c1-4-6-10-25-15-12-14(16(27)5-2)7-8-17(15)31(29,30)18(19(25)28)22-23-20-21-9-11-24(20)13(3)26/h7-9,11-12,28H,4-6,10H2,1-3H3. The SMILES string of the molecule is CCCCN1C(O)=C(N=Nc2nccn2C(C)=O)S(=O)(=O)c2ccc(C(=O)CC)cc21. The molecule has 2 heterocycles. The van der Waals surface area contributed by atoms with Gasteiger partial charge in [-0.2, -0.15) is 0 Å². The number of nitrogens with zero attached hydrogens (tertiary/aromatic N) is 5. The Hall–Kier alpha value is -3.34. The first-order valence-electron chi connectivity index (χ1n) is 9.81. The van der Waals surface area contributed by atoms with Crippen molar-refractivity contribution in [1.29, 1.82) is 0 Å². The van der Waals surface area contributed by atoms with Gasteiger partial charge in [-0.3, -0.25) is 14.2 Å². The predicted molar refractivity (Wildman–Crippen MR) is 113 cm³/mol. The summed E-state index contributed by atoms with van der Waals surface area (Å²) in [6, 6.07) is 4.26. The van der Waals surface area contributed by atoms with E-state index < -0.39 is 20.7 Å². The summed E-state index contributed by atoms with van der Waals surface area (Å²) < 4.78 is 27.5. The number of Topliss-reactive ketones (excluding diaryl/α,β-unsaturated/α-hetero) is 1. The van der Waals surface area contributed by atoms with Gasteiger partial charge in [0.1, 0.15) is 0 Å². The third-order valence-electron chi connectivity index (χ3n) is 4.81. The van der Waals surface area contributed by atoms with E-state index in [0.717, 1.165) is 11.0 Å². The van der Waals surface area contributed by atoms with E-state index in [-0.39, 0.29) is 34.6 Å². The molecule has 0 amide bonds. The van der Waals surface area contributed by atoms with E-state index in [1.807, 2.05) is 6.92 Å².